The Bertz CT molecular complexity index is 1240. The van der Waals surface area contributed by atoms with E-state index in [2.05, 4.69) is 41.8 Å². The van der Waals surface area contributed by atoms with Gasteiger partial charge in [-0.25, -0.2) is 0 Å². The van der Waals surface area contributed by atoms with Crippen LogP contribution in [0, 0.1) is 6.92 Å². The van der Waals surface area contributed by atoms with Crippen LogP contribution >= 0.6 is 0 Å². The number of rotatable bonds is 3. The molecule has 0 saturated carbocycles. The van der Waals surface area contributed by atoms with Gasteiger partial charge in [0.05, 0.1) is 17.4 Å². The number of para-hydroxylation sites is 2. The highest BCUT2D eigenvalue weighted by molar-refractivity contribution is 6.01. The van der Waals surface area contributed by atoms with E-state index in [1.165, 1.54) is 18.1 Å². The topological polar surface area (TPSA) is 67.4 Å². The second-order valence-electron chi connectivity index (χ2n) is 8.74. The van der Waals surface area contributed by atoms with Crippen molar-refractivity contribution in [1.29, 1.82) is 0 Å². The fourth-order valence-corrected chi connectivity index (χ4v) is 4.71. The quantitative estimate of drug-likeness (QED) is 0.394. The zero-order chi connectivity index (χ0) is 22.9. The number of benzene rings is 3. The molecule has 1 aliphatic carbocycles. The number of carbonyl (C=O) groups excluding carboxylic acids is 2. The molecule has 3 aromatic rings. The third-order valence-electron chi connectivity index (χ3n) is 6.33. The van der Waals surface area contributed by atoms with E-state index in [1.807, 2.05) is 36.4 Å². The summed E-state index contributed by atoms with van der Waals surface area (Å²) < 4.78 is 5.19. The van der Waals surface area contributed by atoms with Crippen molar-refractivity contribution in [1.82, 2.24) is 0 Å². The highest BCUT2D eigenvalue weighted by Crippen LogP contribution is 2.44. The van der Waals surface area contributed by atoms with Crippen molar-refractivity contribution in [2.75, 3.05) is 10.6 Å². The van der Waals surface area contributed by atoms with Crippen molar-refractivity contribution < 1.29 is 14.3 Å². The molecular formula is C28H26N2O3. The number of Topliss-reactive ketones (excluding diaryl/α,β-unsaturated/α-hetero) is 1. The SMILES string of the molecule is CC(=O)Oc1ccc([C@H]2Nc3ccccc3NC3=C2C(=O)C[C@@H](c2ccc(C)cc2)C3)cc1. The predicted octanol–water partition coefficient (Wildman–Crippen LogP) is 5.90. The molecule has 2 atom stereocenters. The van der Waals surface area contributed by atoms with Gasteiger partial charge in [-0.15, -0.1) is 0 Å². The Morgan fingerprint density at radius 1 is 0.879 bits per heavy atom. The summed E-state index contributed by atoms with van der Waals surface area (Å²) in [6, 6.07) is 23.6. The van der Waals surface area contributed by atoms with Gasteiger partial charge in [0, 0.05) is 24.6 Å². The van der Waals surface area contributed by atoms with Crippen molar-refractivity contribution in [2.24, 2.45) is 0 Å². The van der Waals surface area contributed by atoms with Crippen molar-refractivity contribution in [3.63, 3.8) is 0 Å². The fourth-order valence-electron chi connectivity index (χ4n) is 4.71. The number of hydrogen-bond donors (Lipinski definition) is 2. The van der Waals surface area contributed by atoms with Crippen LogP contribution in [-0.4, -0.2) is 11.8 Å². The molecule has 1 heterocycles. The zero-order valence-electron chi connectivity index (χ0n) is 18.7. The second-order valence-corrected chi connectivity index (χ2v) is 8.74. The molecule has 0 bridgehead atoms. The van der Waals surface area contributed by atoms with Crippen LogP contribution in [-0.2, 0) is 9.59 Å². The first-order valence-corrected chi connectivity index (χ1v) is 11.2. The summed E-state index contributed by atoms with van der Waals surface area (Å²) in [5.74, 6) is 0.412. The molecule has 2 aliphatic rings. The maximum Gasteiger partial charge on any atom is 0.308 e. The van der Waals surface area contributed by atoms with Crippen LogP contribution in [0.1, 0.15) is 48.4 Å². The van der Waals surface area contributed by atoms with Crippen LogP contribution in [0.4, 0.5) is 11.4 Å². The Kier molecular flexibility index (Phi) is 5.47. The highest BCUT2D eigenvalue weighted by atomic mass is 16.5. The first-order chi connectivity index (χ1) is 16.0. The lowest BCUT2D eigenvalue weighted by atomic mass is 9.78. The largest absolute Gasteiger partial charge is 0.427 e. The summed E-state index contributed by atoms with van der Waals surface area (Å²) in [5.41, 5.74) is 6.98. The molecule has 5 heteroatoms. The van der Waals surface area contributed by atoms with E-state index >= 15 is 0 Å². The number of anilines is 2. The van der Waals surface area contributed by atoms with Gasteiger partial charge in [-0.05, 0) is 54.7 Å². The lowest BCUT2D eigenvalue weighted by molar-refractivity contribution is -0.131. The zero-order valence-corrected chi connectivity index (χ0v) is 18.7. The van der Waals surface area contributed by atoms with Crippen LogP contribution in [0.5, 0.6) is 5.75 Å². The van der Waals surface area contributed by atoms with Crippen LogP contribution in [0.2, 0.25) is 0 Å². The molecule has 2 N–H and O–H groups in total. The maximum atomic E-state index is 13.6. The van der Waals surface area contributed by atoms with Gasteiger partial charge >= 0.3 is 5.97 Å². The number of allylic oxidation sites excluding steroid dienone is 1. The molecular weight excluding hydrogens is 412 g/mol. The van der Waals surface area contributed by atoms with Crippen molar-refractivity contribution in [3.8, 4) is 5.75 Å². The van der Waals surface area contributed by atoms with E-state index < -0.39 is 0 Å². The number of nitrogens with one attached hydrogen (secondary N) is 2. The first-order valence-electron chi connectivity index (χ1n) is 11.2. The normalized spacial score (nSPS) is 19.5. The third kappa shape index (κ3) is 4.27. The Balaban J connectivity index is 1.55. The van der Waals surface area contributed by atoms with Crippen LogP contribution in [0.15, 0.2) is 84.1 Å². The van der Waals surface area contributed by atoms with E-state index in [4.69, 9.17) is 4.74 Å². The van der Waals surface area contributed by atoms with E-state index in [0.717, 1.165) is 34.6 Å². The van der Waals surface area contributed by atoms with E-state index in [9.17, 15) is 9.59 Å². The molecule has 0 amide bonds. The fraction of sp³-hybridized carbons (Fsp3) is 0.214. The van der Waals surface area contributed by atoms with E-state index in [1.54, 1.807) is 12.1 Å². The molecule has 0 fully saturated rings. The lowest BCUT2D eigenvalue weighted by Gasteiger charge is -2.30. The Morgan fingerprint density at radius 2 is 1.55 bits per heavy atom. The summed E-state index contributed by atoms with van der Waals surface area (Å²) in [6.07, 6.45) is 1.24. The minimum atomic E-state index is -0.358. The molecule has 3 aromatic carbocycles. The Morgan fingerprint density at radius 3 is 2.24 bits per heavy atom. The molecule has 0 spiro atoms. The number of fused-ring (bicyclic) bond motifs is 1. The summed E-state index contributed by atoms with van der Waals surface area (Å²) >= 11 is 0. The minimum Gasteiger partial charge on any atom is -0.427 e. The lowest BCUT2D eigenvalue weighted by Crippen LogP contribution is -2.26. The van der Waals surface area contributed by atoms with Gasteiger partial charge in [0.2, 0.25) is 0 Å². The van der Waals surface area contributed by atoms with Gasteiger partial charge in [-0.1, -0.05) is 54.1 Å². The molecule has 1 aliphatic heterocycles. The number of aryl methyl sites for hydroxylation is 1. The molecule has 166 valence electrons. The van der Waals surface area contributed by atoms with Gasteiger partial charge in [-0.3, -0.25) is 9.59 Å². The van der Waals surface area contributed by atoms with Crippen LogP contribution < -0.4 is 15.4 Å². The molecule has 0 radical (unpaired) electrons. The summed E-state index contributed by atoms with van der Waals surface area (Å²) in [4.78, 5) is 24.9. The number of carbonyl (C=O) groups is 2. The first kappa shape index (κ1) is 21.0. The Labute approximate surface area is 193 Å². The molecule has 33 heavy (non-hydrogen) atoms. The van der Waals surface area contributed by atoms with Crippen molar-refractivity contribution in [3.05, 3.63) is 101 Å². The second kappa shape index (κ2) is 8.58. The van der Waals surface area contributed by atoms with E-state index in [0.29, 0.717) is 12.2 Å². The molecule has 5 nitrogen and oxygen atoms in total. The van der Waals surface area contributed by atoms with Crippen LogP contribution in [0.3, 0.4) is 0 Å². The van der Waals surface area contributed by atoms with Gasteiger partial charge in [0.25, 0.3) is 0 Å². The van der Waals surface area contributed by atoms with Gasteiger partial charge < -0.3 is 15.4 Å². The molecule has 5 rings (SSSR count). The smallest absolute Gasteiger partial charge is 0.308 e. The maximum absolute atomic E-state index is 13.6. The summed E-state index contributed by atoms with van der Waals surface area (Å²) in [7, 11) is 0. The van der Waals surface area contributed by atoms with E-state index in [-0.39, 0.29) is 23.7 Å². The Hall–Kier alpha value is -3.86. The summed E-state index contributed by atoms with van der Waals surface area (Å²) in [5, 5.41) is 7.15. The van der Waals surface area contributed by atoms with Crippen molar-refractivity contribution in [2.45, 2.75) is 38.6 Å². The monoisotopic (exact) mass is 438 g/mol. The van der Waals surface area contributed by atoms with Crippen LogP contribution in [0.25, 0.3) is 0 Å². The average molecular weight is 439 g/mol. The number of ketones is 1. The average Bonchev–Trinajstić information content (AvgIpc) is 2.96. The summed E-state index contributed by atoms with van der Waals surface area (Å²) in [6.45, 7) is 3.45. The third-order valence-corrected chi connectivity index (χ3v) is 6.33. The molecule has 0 unspecified atom stereocenters. The number of esters is 1. The number of ether oxygens (including phenoxy) is 1. The standard InChI is InChI=1S/C28H26N2O3/c1-17-7-9-19(10-8-17)21-15-25-27(26(32)16-21)28(30-24-6-4-3-5-23(24)29-25)20-11-13-22(14-12-20)33-18(2)31/h3-14,21,28-30H,15-16H2,1-2H3/t21-,28+/m0/s1. The van der Waals surface area contributed by atoms with Crippen molar-refractivity contribution >= 4 is 23.1 Å². The van der Waals surface area contributed by atoms with Gasteiger partial charge in [0.15, 0.2) is 5.78 Å². The highest BCUT2D eigenvalue weighted by Gasteiger charge is 2.36. The molecule has 0 saturated heterocycles. The minimum absolute atomic E-state index is 0.140. The molecule has 0 aromatic heterocycles. The van der Waals surface area contributed by atoms with Gasteiger partial charge in [-0.2, -0.15) is 0 Å². The van der Waals surface area contributed by atoms with Gasteiger partial charge in [0.1, 0.15) is 5.75 Å². The number of hydrogen-bond acceptors (Lipinski definition) is 5. The predicted molar refractivity (Wildman–Crippen MR) is 129 cm³/mol.